The van der Waals surface area contributed by atoms with Crippen molar-refractivity contribution in [2.75, 3.05) is 7.11 Å². The highest BCUT2D eigenvalue weighted by molar-refractivity contribution is 5.84. The van der Waals surface area contributed by atoms with Crippen LogP contribution in [0, 0.1) is 29.1 Å². The Kier molecular flexibility index (Phi) is 1.45. The van der Waals surface area contributed by atoms with Gasteiger partial charge in [0.25, 0.3) is 0 Å². The summed E-state index contributed by atoms with van der Waals surface area (Å²) in [5.41, 5.74) is 0.0436. The molecule has 1 N–H and O–H groups in total. The Morgan fingerprint density at radius 3 is 2.67 bits per heavy atom. The van der Waals surface area contributed by atoms with Gasteiger partial charge in [-0.2, -0.15) is 0 Å². The molecule has 0 aromatic heterocycles. The van der Waals surface area contributed by atoms with Gasteiger partial charge in [0.2, 0.25) is 0 Å². The number of ether oxygens (including phenoxy) is 1. The van der Waals surface area contributed by atoms with E-state index in [4.69, 9.17) is 9.84 Å². The van der Waals surface area contributed by atoms with Gasteiger partial charge in [0.15, 0.2) is 0 Å². The minimum Gasteiger partial charge on any atom is -0.481 e. The molecule has 2 fully saturated rings. The van der Waals surface area contributed by atoms with E-state index in [2.05, 4.69) is 6.08 Å². The third-order valence-corrected chi connectivity index (χ3v) is 4.30. The molecule has 0 amide bonds. The van der Waals surface area contributed by atoms with E-state index in [1.54, 1.807) is 0 Å². The molecule has 5 unspecified atom stereocenters. The van der Waals surface area contributed by atoms with Crippen molar-refractivity contribution in [2.24, 2.45) is 29.1 Å². The lowest BCUT2D eigenvalue weighted by Gasteiger charge is -2.30. The van der Waals surface area contributed by atoms with Crippen LogP contribution in [-0.2, 0) is 14.3 Å². The Morgan fingerprint density at radius 2 is 2.20 bits per heavy atom. The Balaban J connectivity index is 1.95. The van der Waals surface area contributed by atoms with E-state index < -0.39 is 17.8 Å². The maximum absolute atomic E-state index is 11.6. The molecule has 0 aromatic carbocycles. The highest BCUT2D eigenvalue weighted by atomic mass is 16.5. The van der Waals surface area contributed by atoms with Crippen LogP contribution in [-0.4, -0.2) is 24.2 Å². The van der Waals surface area contributed by atoms with Gasteiger partial charge >= 0.3 is 11.9 Å². The van der Waals surface area contributed by atoms with Crippen molar-refractivity contribution < 1.29 is 19.4 Å². The summed E-state index contributed by atoms with van der Waals surface area (Å²) in [4.78, 5) is 22.7. The van der Waals surface area contributed by atoms with E-state index in [0.717, 1.165) is 6.42 Å². The molecular formula is C11H12O4. The first-order valence-electron chi connectivity index (χ1n) is 5.12. The van der Waals surface area contributed by atoms with Gasteiger partial charge < -0.3 is 9.84 Å². The molecule has 3 rings (SSSR count). The van der Waals surface area contributed by atoms with Gasteiger partial charge in [0.05, 0.1) is 18.9 Å². The van der Waals surface area contributed by atoms with Crippen molar-refractivity contribution in [1.29, 1.82) is 0 Å². The predicted octanol–water partition coefficient (Wildman–Crippen LogP) is 0.682. The minimum atomic E-state index is -0.869. The van der Waals surface area contributed by atoms with Crippen LogP contribution in [0.4, 0.5) is 0 Å². The monoisotopic (exact) mass is 208 g/mol. The maximum atomic E-state index is 11.6. The van der Waals surface area contributed by atoms with Crippen molar-refractivity contribution in [3.8, 4) is 0 Å². The summed E-state index contributed by atoms with van der Waals surface area (Å²) in [7, 11) is 1.32. The van der Waals surface area contributed by atoms with Crippen LogP contribution in [0.25, 0.3) is 0 Å². The van der Waals surface area contributed by atoms with Gasteiger partial charge in [-0.15, -0.1) is 0 Å². The highest BCUT2D eigenvalue weighted by Gasteiger charge is 2.75. The lowest BCUT2D eigenvalue weighted by molar-refractivity contribution is -0.156. The third kappa shape index (κ3) is 0.833. The van der Waals surface area contributed by atoms with Gasteiger partial charge in [-0.05, 0) is 17.8 Å². The van der Waals surface area contributed by atoms with Crippen LogP contribution < -0.4 is 0 Å². The van der Waals surface area contributed by atoms with Crippen LogP contribution in [0.5, 0.6) is 0 Å². The Morgan fingerprint density at radius 1 is 1.47 bits per heavy atom. The number of carboxylic acids is 1. The summed E-state index contributed by atoms with van der Waals surface area (Å²) < 4.78 is 4.70. The highest BCUT2D eigenvalue weighted by Crippen LogP contribution is 2.76. The zero-order valence-electron chi connectivity index (χ0n) is 8.34. The first-order chi connectivity index (χ1) is 7.12. The Hall–Kier alpha value is -1.32. The smallest absolute Gasteiger partial charge is 0.309 e. The zero-order valence-corrected chi connectivity index (χ0v) is 8.34. The van der Waals surface area contributed by atoms with Crippen molar-refractivity contribution in [3.05, 3.63) is 12.2 Å². The molecule has 0 heterocycles. The molecular weight excluding hydrogens is 196 g/mol. The first kappa shape index (κ1) is 8.95. The molecule has 4 heteroatoms. The summed E-state index contributed by atoms with van der Waals surface area (Å²) >= 11 is 0. The average Bonchev–Trinajstić information content (AvgIpc) is 2.88. The number of methoxy groups -OCH3 is 1. The molecule has 0 saturated heterocycles. The fourth-order valence-corrected chi connectivity index (χ4v) is 3.49. The van der Waals surface area contributed by atoms with Crippen molar-refractivity contribution in [2.45, 2.75) is 6.42 Å². The number of carboxylic acid groups (broad SMARTS) is 1. The van der Waals surface area contributed by atoms with E-state index in [0.29, 0.717) is 0 Å². The summed E-state index contributed by atoms with van der Waals surface area (Å²) in [5, 5.41) is 9.14. The second-order valence-corrected chi connectivity index (χ2v) is 4.72. The molecule has 3 aliphatic rings. The van der Waals surface area contributed by atoms with E-state index >= 15 is 0 Å². The SMILES string of the molecule is COC(=O)C1C(C(=O)O)C2C=CC23CC13. The molecule has 4 nitrogen and oxygen atoms in total. The summed E-state index contributed by atoms with van der Waals surface area (Å²) in [6.07, 6.45) is 4.96. The van der Waals surface area contributed by atoms with E-state index in [9.17, 15) is 9.59 Å². The number of esters is 1. The van der Waals surface area contributed by atoms with Crippen LogP contribution in [0.2, 0.25) is 0 Å². The fourth-order valence-electron chi connectivity index (χ4n) is 3.49. The average molecular weight is 208 g/mol. The van der Waals surface area contributed by atoms with Crippen LogP contribution >= 0.6 is 0 Å². The minimum absolute atomic E-state index is 0.0436. The molecule has 0 aliphatic heterocycles. The van der Waals surface area contributed by atoms with E-state index in [1.165, 1.54) is 7.11 Å². The third-order valence-electron chi connectivity index (χ3n) is 4.30. The summed E-state index contributed by atoms with van der Waals surface area (Å²) in [5.74, 6) is -1.97. The topological polar surface area (TPSA) is 63.6 Å². The number of rotatable bonds is 2. The van der Waals surface area contributed by atoms with Crippen molar-refractivity contribution >= 4 is 11.9 Å². The van der Waals surface area contributed by atoms with E-state index in [-0.39, 0.29) is 23.2 Å². The second-order valence-electron chi connectivity index (χ2n) is 4.72. The molecule has 2 saturated carbocycles. The zero-order chi connectivity index (χ0) is 10.8. The maximum Gasteiger partial charge on any atom is 0.309 e. The first-order valence-corrected chi connectivity index (χ1v) is 5.12. The Bertz CT molecular complexity index is 386. The molecule has 80 valence electrons. The second kappa shape index (κ2) is 2.43. The van der Waals surface area contributed by atoms with Gasteiger partial charge in [-0.3, -0.25) is 9.59 Å². The number of carbonyl (C=O) groups excluding carboxylic acids is 1. The number of aliphatic carboxylic acids is 1. The fraction of sp³-hybridized carbons (Fsp3) is 0.636. The standard InChI is InChI=1S/C11H12O4/c1-15-10(14)8-6-4-11(6)3-2-5(11)7(8)9(12)13/h2-3,5-8H,4H2,1H3,(H,12,13). The lowest BCUT2D eigenvalue weighted by atomic mass is 9.73. The molecule has 5 atom stereocenters. The number of allylic oxidation sites excluding steroid dienone is 2. The van der Waals surface area contributed by atoms with Gasteiger partial charge in [0, 0.05) is 5.92 Å². The molecule has 3 aliphatic carbocycles. The Labute approximate surface area is 86.9 Å². The van der Waals surface area contributed by atoms with Crippen molar-refractivity contribution in [3.63, 3.8) is 0 Å². The van der Waals surface area contributed by atoms with Crippen molar-refractivity contribution in [1.82, 2.24) is 0 Å². The lowest BCUT2D eigenvalue weighted by Crippen LogP contribution is -2.35. The van der Waals surface area contributed by atoms with E-state index in [1.807, 2.05) is 6.08 Å². The predicted molar refractivity (Wildman–Crippen MR) is 49.8 cm³/mol. The van der Waals surface area contributed by atoms with Gasteiger partial charge in [-0.25, -0.2) is 0 Å². The largest absolute Gasteiger partial charge is 0.481 e. The van der Waals surface area contributed by atoms with Gasteiger partial charge in [0.1, 0.15) is 0 Å². The number of hydrogen-bond donors (Lipinski definition) is 1. The molecule has 0 aromatic rings. The van der Waals surface area contributed by atoms with Gasteiger partial charge in [-0.1, -0.05) is 12.2 Å². The summed E-state index contributed by atoms with van der Waals surface area (Å²) in [6, 6.07) is 0. The molecule has 0 bridgehead atoms. The molecule has 0 radical (unpaired) electrons. The molecule has 15 heavy (non-hydrogen) atoms. The summed E-state index contributed by atoms with van der Waals surface area (Å²) in [6.45, 7) is 0. The number of carbonyl (C=O) groups is 2. The number of hydrogen-bond acceptors (Lipinski definition) is 3. The van der Waals surface area contributed by atoms with Crippen LogP contribution in [0.3, 0.4) is 0 Å². The van der Waals surface area contributed by atoms with Crippen LogP contribution in [0.15, 0.2) is 12.2 Å². The van der Waals surface area contributed by atoms with Crippen LogP contribution in [0.1, 0.15) is 6.42 Å². The quantitative estimate of drug-likeness (QED) is 0.535. The normalized spacial score (nSPS) is 48.9. The molecule has 1 spiro atoms.